The van der Waals surface area contributed by atoms with Gasteiger partial charge in [0.1, 0.15) is 5.75 Å². The molecule has 0 saturated heterocycles. The minimum Gasteiger partial charge on any atom is -0.484 e. The first-order valence-electron chi connectivity index (χ1n) is 10.0. The van der Waals surface area contributed by atoms with Gasteiger partial charge < -0.3 is 10.1 Å². The third-order valence-electron chi connectivity index (χ3n) is 5.11. The van der Waals surface area contributed by atoms with Gasteiger partial charge in [-0.1, -0.05) is 30.3 Å². The summed E-state index contributed by atoms with van der Waals surface area (Å²) >= 11 is 0. The van der Waals surface area contributed by atoms with Crippen molar-refractivity contribution < 1.29 is 19.1 Å². The number of carbonyl (C=O) groups is 3. The van der Waals surface area contributed by atoms with Gasteiger partial charge in [-0.15, -0.1) is 0 Å². The van der Waals surface area contributed by atoms with Crippen molar-refractivity contribution in [1.29, 1.82) is 0 Å². The molecule has 1 aliphatic heterocycles. The monoisotopic (exact) mass is 427 g/mol. The number of amides is 3. The Balaban J connectivity index is 1.37. The van der Waals surface area contributed by atoms with Crippen LogP contribution < -0.4 is 10.1 Å². The van der Waals surface area contributed by atoms with Gasteiger partial charge >= 0.3 is 0 Å². The number of rotatable bonds is 6. The van der Waals surface area contributed by atoms with Crippen molar-refractivity contribution in [3.63, 3.8) is 0 Å². The highest BCUT2D eigenvalue weighted by molar-refractivity contribution is 6.21. The zero-order valence-electron chi connectivity index (χ0n) is 17.7. The van der Waals surface area contributed by atoms with Crippen molar-refractivity contribution in [2.24, 2.45) is 5.10 Å². The number of hydrogen-bond donors (Lipinski definition) is 1. The Labute approximate surface area is 185 Å². The molecular formula is C25H21N3O4. The number of fused-ring (bicyclic) bond motifs is 1. The number of anilines is 1. The van der Waals surface area contributed by atoms with Gasteiger partial charge in [0.2, 0.25) is 0 Å². The molecule has 160 valence electrons. The Hall–Kier alpha value is -4.26. The summed E-state index contributed by atoms with van der Waals surface area (Å²) in [6.07, 6.45) is 1.41. The Morgan fingerprint density at radius 2 is 1.66 bits per heavy atom. The fourth-order valence-electron chi connectivity index (χ4n) is 3.26. The average Bonchev–Trinajstić information content (AvgIpc) is 3.04. The maximum Gasteiger partial charge on any atom is 0.282 e. The molecule has 0 bridgehead atoms. The average molecular weight is 427 g/mol. The standard InChI is InChI=1S/C25H21N3O4/c1-16-10-11-19(12-17(16)2)27-23(29)15-32-20-7-5-6-18(13-20)14-26-28-24(30)21-8-3-4-9-22(21)25(28)31/h3-14H,15H2,1-2H3,(H,27,29)/b26-14+. The summed E-state index contributed by atoms with van der Waals surface area (Å²) in [7, 11) is 0. The molecule has 0 aliphatic carbocycles. The van der Waals surface area contributed by atoms with Gasteiger partial charge in [0.05, 0.1) is 17.3 Å². The van der Waals surface area contributed by atoms with E-state index in [4.69, 9.17) is 4.74 Å². The summed E-state index contributed by atoms with van der Waals surface area (Å²) in [5, 5.41) is 7.70. The highest BCUT2D eigenvalue weighted by Crippen LogP contribution is 2.22. The van der Waals surface area contributed by atoms with Crippen LogP contribution in [0.25, 0.3) is 0 Å². The first-order valence-corrected chi connectivity index (χ1v) is 10.0. The van der Waals surface area contributed by atoms with Crippen molar-refractivity contribution in [3.8, 4) is 5.75 Å². The number of benzene rings is 3. The van der Waals surface area contributed by atoms with E-state index in [0.29, 0.717) is 28.1 Å². The number of hydrogen-bond acceptors (Lipinski definition) is 5. The topological polar surface area (TPSA) is 88.1 Å². The molecule has 0 fully saturated rings. The van der Waals surface area contributed by atoms with Crippen LogP contribution in [0.2, 0.25) is 0 Å². The predicted molar refractivity (Wildman–Crippen MR) is 121 cm³/mol. The molecule has 3 aromatic rings. The smallest absolute Gasteiger partial charge is 0.282 e. The minimum atomic E-state index is -0.461. The van der Waals surface area contributed by atoms with Gasteiger partial charge in [-0.25, -0.2) is 0 Å². The number of nitrogens with one attached hydrogen (secondary N) is 1. The van der Waals surface area contributed by atoms with Crippen molar-refractivity contribution in [2.75, 3.05) is 11.9 Å². The molecule has 1 heterocycles. The van der Waals surface area contributed by atoms with Gasteiger partial charge in [0.15, 0.2) is 6.61 Å². The molecule has 32 heavy (non-hydrogen) atoms. The van der Waals surface area contributed by atoms with E-state index in [0.717, 1.165) is 16.1 Å². The van der Waals surface area contributed by atoms with Crippen molar-refractivity contribution in [1.82, 2.24) is 5.01 Å². The van der Waals surface area contributed by atoms with Gasteiger partial charge in [0.25, 0.3) is 17.7 Å². The highest BCUT2D eigenvalue weighted by atomic mass is 16.5. The summed E-state index contributed by atoms with van der Waals surface area (Å²) < 4.78 is 5.58. The maximum atomic E-state index is 12.4. The van der Waals surface area contributed by atoms with E-state index in [1.54, 1.807) is 48.5 Å². The molecule has 0 radical (unpaired) electrons. The molecule has 3 amide bonds. The Morgan fingerprint density at radius 1 is 0.938 bits per heavy atom. The van der Waals surface area contributed by atoms with Gasteiger partial charge in [0, 0.05) is 5.69 Å². The zero-order valence-corrected chi connectivity index (χ0v) is 17.7. The fraction of sp³-hybridized carbons (Fsp3) is 0.120. The second-order valence-electron chi connectivity index (χ2n) is 7.42. The van der Waals surface area contributed by atoms with E-state index in [-0.39, 0.29) is 12.5 Å². The van der Waals surface area contributed by atoms with Crippen LogP contribution in [-0.4, -0.2) is 35.6 Å². The van der Waals surface area contributed by atoms with Crippen molar-refractivity contribution in [2.45, 2.75) is 13.8 Å². The van der Waals surface area contributed by atoms with E-state index < -0.39 is 11.8 Å². The van der Waals surface area contributed by atoms with E-state index >= 15 is 0 Å². The number of ether oxygens (including phenoxy) is 1. The molecule has 0 aromatic heterocycles. The molecule has 1 N–H and O–H groups in total. The lowest BCUT2D eigenvalue weighted by atomic mass is 10.1. The predicted octanol–water partition coefficient (Wildman–Crippen LogP) is 3.95. The summed E-state index contributed by atoms with van der Waals surface area (Å²) in [6, 6.07) is 19.2. The van der Waals surface area contributed by atoms with Crippen LogP contribution in [-0.2, 0) is 4.79 Å². The number of imide groups is 1. The van der Waals surface area contributed by atoms with Gasteiger partial charge in [-0.3, -0.25) is 14.4 Å². The molecule has 3 aromatic carbocycles. The Morgan fingerprint density at radius 3 is 2.34 bits per heavy atom. The highest BCUT2D eigenvalue weighted by Gasteiger charge is 2.35. The number of aryl methyl sites for hydroxylation is 2. The van der Waals surface area contributed by atoms with Crippen LogP contribution in [0.1, 0.15) is 37.4 Å². The maximum absolute atomic E-state index is 12.4. The summed E-state index contributed by atoms with van der Waals surface area (Å²) in [5.41, 5.74) is 4.24. The molecule has 0 atom stereocenters. The summed E-state index contributed by atoms with van der Waals surface area (Å²) in [4.78, 5) is 37.0. The molecule has 7 nitrogen and oxygen atoms in total. The molecule has 1 aliphatic rings. The second kappa shape index (κ2) is 8.85. The molecule has 7 heteroatoms. The summed E-state index contributed by atoms with van der Waals surface area (Å²) in [5.74, 6) is -0.737. The van der Waals surface area contributed by atoms with E-state index in [2.05, 4.69) is 10.4 Å². The molecular weight excluding hydrogens is 406 g/mol. The molecule has 0 spiro atoms. The summed E-state index contributed by atoms with van der Waals surface area (Å²) in [6.45, 7) is 3.83. The Kier molecular flexibility index (Phi) is 5.81. The lowest BCUT2D eigenvalue weighted by molar-refractivity contribution is -0.118. The fourth-order valence-corrected chi connectivity index (χ4v) is 3.26. The van der Waals surface area contributed by atoms with Crippen LogP contribution in [0.5, 0.6) is 5.75 Å². The van der Waals surface area contributed by atoms with Crippen molar-refractivity contribution >= 4 is 29.6 Å². The van der Waals surface area contributed by atoms with Gasteiger partial charge in [-0.05, 0) is 66.9 Å². The van der Waals surface area contributed by atoms with Crippen LogP contribution in [0, 0.1) is 13.8 Å². The van der Waals surface area contributed by atoms with Crippen LogP contribution in [0.15, 0.2) is 71.8 Å². The SMILES string of the molecule is Cc1ccc(NC(=O)COc2cccc(/C=N/N3C(=O)c4ccccc4C3=O)c2)cc1C. The zero-order chi connectivity index (χ0) is 22.7. The first-order chi connectivity index (χ1) is 15.4. The quantitative estimate of drug-likeness (QED) is 0.477. The van der Waals surface area contributed by atoms with Gasteiger partial charge in [-0.2, -0.15) is 10.1 Å². The lowest BCUT2D eigenvalue weighted by Gasteiger charge is -2.10. The van der Waals surface area contributed by atoms with E-state index in [9.17, 15) is 14.4 Å². The third kappa shape index (κ3) is 4.41. The van der Waals surface area contributed by atoms with E-state index in [1.807, 2.05) is 32.0 Å². The van der Waals surface area contributed by atoms with Crippen LogP contribution >= 0.6 is 0 Å². The van der Waals surface area contributed by atoms with Crippen molar-refractivity contribution in [3.05, 3.63) is 94.5 Å². The van der Waals surface area contributed by atoms with Crippen LogP contribution in [0.4, 0.5) is 5.69 Å². The lowest BCUT2D eigenvalue weighted by Crippen LogP contribution is -2.24. The first kappa shape index (κ1) is 21.0. The largest absolute Gasteiger partial charge is 0.484 e. The Bertz CT molecular complexity index is 1210. The minimum absolute atomic E-state index is 0.161. The molecule has 4 rings (SSSR count). The normalized spacial score (nSPS) is 12.9. The number of nitrogens with zero attached hydrogens (tertiary/aromatic N) is 2. The van der Waals surface area contributed by atoms with Crippen LogP contribution in [0.3, 0.4) is 0 Å². The molecule has 0 unspecified atom stereocenters. The third-order valence-corrected chi connectivity index (χ3v) is 5.11. The number of hydrazone groups is 1. The van der Waals surface area contributed by atoms with E-state index in [1.165, 1.54) is 6.21 Å². The number of carbonyl (C=O) groups excluding carboxylic acids is 3. The second-order valence-corrected chi connectivity index (χ2v) is 7.42. The molecule has 0 saturated carbocycles.